The topological polar surface area (TPSA) is 67.8 Å². The van der Waals surface area contributed by atoms with E-state index in [9.17, 15) is 9.59 Å². The molecule has 124 valence electrons. The van der Waals surface area contributed by atoms with Crippen LogP contribution in [0.4, 0.5) is 0 Å². The van der Waals surface area contributed by atoms with Gasteiger partial charge in [-0.3, -0.25) is 9.36 Å². The van der Waals surface area contributed by atoms with Crippen LogP contribution in [0.25, 0.3) is 0 Å². The van der Waals surface area contributed by atoms with Crippen molar-refractivity contribution in [3.8, 4) is 0 Å². The zero-order valence-corrected chi connectivity index (χ0v) is 15.0. The van der Waals surface area contributed by atoms with Crippen LogP contribution < -0.4 is 5.69 Å². The molecule has 0 amide bonds. The molecule has 0 aliphatic rings. The fraction of sp³-hybridized carbons (Fsp3) is 0.235. The van der Waals surface area contributed by atoms with Gasteiger partial charge in [0.1, 0.15) is 0 Å². The number of carbonyl (C=O) groups excluding carboxylic acids is 1. The number of aromatic amines is 1. The van der Waals surface area contributed by atoms with Crippen molar-refractivity contribution in [1.29, 1.82) is 0 Å². The quantitative estimate of drug-likeness (QED) is 0.542. The zero-order chi connectivity index (χ0) is 17.1. The number of nitrogens with one attached hydrogen (secondary N) is 1. The Morgan fingerprint density at radius 1 is 1.29 bits per heavy atom. The summed E-state index contributed by atoms with van der Waals surface area (Å²) in [5.41, 5.74) is 1.51. The molecule has 0 saturated carbocycles. The van der Waals surface area contributed by atoms with E-state index in [1.54, 1.807) is 15.9 Å². The summed E-state index contributed by atoms with van der Waals surface area (Å²) in [4.78, 5) is 26.5. The summed E-state index contributed by atoms with van der Waals surface area (Å²) in [5.74, 6) is 0.319. The van der Waals surface area contributed by atoms with Gasteiger partial charge in [0, 0.05) is 15.3 Å². The Balaban J connectivity index is 1.73. The number of rotatable bonds is 6. The van der Waals surface area contributed by atoms with Gasteiger partial charge in [-0.25, -0.2) is 9.89 Å². The van der Waals surface area contributed by atoms with E-state index < -0.39 is 0 Å². The highest BCUT2D eigenvalue weighted by molar-refractivity contribution is 7.99. The number of carbonyl (C=O) groups is 1. The van der Waals surface area contributed by atoms with Crippen LogP contribution in [0.3, 0.4) is 0 Å². The van der Waals surface area contributed by atoms with Crippen LogP contribution in [0.5, 0.6) is 0 Å². The first-order chi connectivity index (χ1) is 11.5. The van der Waals surface area contributed by atoms with E-state index >= 15 is 0 Å². The molecule has 0 fully saturated rings. The van der Waals surface area contributed by atoms with Crippen molar-refractivity contribution in [2.45, 2.75) is 25.5 Å². The molecule has 0 radical (unpaired) electrons. The van der Waals surface area contributed by atoms with E-state index in [1.807, 2.05) is 50.2 Å². The highest BCUT2D eigenvalue weighted by atomic mass is 32.2. The van der Waals surface area contributed by atoms with Crippen LogP contribution in [0.2, 0.25) is 0 Å². The number of H-pyrrole nitrogens is 1. The minimum Gasteiger partial charge on any atom is -0.293 e. The molecule has 0 aliphatic carbocycles. The first-order valence-corrected chi connectivity index (χ1v) is 9.27. The maximum Gasteiger partial charge on any atom is 0.344 e. The predicted molar refractivity (Wildman–Crippen MR) is 97.2 cm³/mol. The van der Waals surface area contributed by atoms with Crippen molar-refractivity contribution in [3.63, 3.8) is 0 Å². The second kappa shape index (κ2) is 7.19. The summed E-state index contributed by atoms with van der Waals surface area (Å²) in [7, 11) is 0. The van der Waals surface area contributed by atoms with Crippen LogP contribution in [-0.2, 0) is 6.54 Å². The van der Waals surface area contributed by atoms with E-state index in [0.29, 0.717) is 11.7 Å². The molecule has 2 aromatic heterocycles. The molecule has 1 N–H and O–H groups in total. The average Bonchev–Trinajstić information content (AvgIpc) is 3.09. The summed E-state index contributed by atoms with van der Waals surface area (Å²) in [6.07, 6.45) is 0. The maximum absolute atomic E-state index is 12.4. The normalized spacial score (nSPS) is 10.9. The lowest BCUT2D eigenvalue weighted by Crippen LogP contribution is -2.18. The highest BCUT2D eigenvalue weighted by Gasteiger charge is 2.15. The fourth-order valence-corrected chi connectivity index (χ4v) is 4.21. The van der Waals surface area contributed by atoms with Gasteiger partial charge in [-0.2, -0.15) is 0 Å². The van der Waals surface area contributed by atoms with Gasteiger partial charge in [-0.15, -0.1) is 16.4 Å². The van der Waals surface area contributed by atoms with Gasteiger partial charge >= 0.3 is 5.69 Å². The van der Waals surface area contributed by atoms with Gasteiger partial charge in [0.05, 0.1) is 12.3 Å². The third-order valence-electron chi connectivity index (χ3n) is 3.58. The monoisotopic (exact) mass is 359 g/mol. The van der Waals surface area contributed by atoms with Crippen LogP contribution in [0.15, 0.2) is 46.3 Å². The number of hydrogen-bond donors (Lipinski definition) is 1. The number of nitrogens with zero attached hydrogens (tertiary/aromatic N) is 2. The zero-order valence-electron chi connectivity index (χ0n) is 13.4. The lowest BCUT2D eigenvalue weighted by molar-refractivity contribution is 0.102. The number of aryl methyl sites for hydroxylation is 2. The third kappa shape index (κ3) is 3.68. The molecule has 1 aromatic carbocycles. The number of thiophene rings is 1. The summed E-state index contributed by atoms with van der Waals surface area (Å²) < 4.78 is 1.55. The smallest absolute Gasteiger partial charge is 0.293 e. The third-order valence-corrected chi connectivity index (χ3v) is 5.52. The van der Waals surface area contributed by atoms with Crippen LogP contribution >= 0.6 is 23.1 Å². The second-order valence-electron chi connectivity index (χ2n) is 5.42. The number of aromatic nitrogens is 3. The van der Waals surface area contributed by atoms with Gasteiger partial charge in [0.25, 0.3) is 0 Å². The Hall–Kier alpha value is -2.12. The van der Waals surface area contributed by atoms with Crippen molar-refractivity contribution in [3.05, 3.63) is 67.8 Å². The lowest BCUT2D eigenvalue weighted by atomic mass is 10.2. The highest BCUT2D eigenvalue weighted by Crippen LogP contribution is 2.23. The van der Waals surface area contributed by atoms with Gasteiger partial charge in [0.15, 0.2) is 10.9 Å². The Morgan fingerprint density at radius 3 is 2.71 bits per heavy atom. The van der Waals surface area contributed by atoms with Crippen LogP contribution in [0, 0.1) is 13.8 Å². The minimum atomic E-state index is -0.267. The van der Waals surface area contributed by atoms with Gasteiger partial charge in [-0.05, 0) is 25.5 Å². The average molecular weight is 359 g/mol. The Morgan fingerprint density at radius 2 is 2.04 bits per heavy atom. The summed E-state index contributed by atoms with van der Waals surface area (Å²) in [6, 6.07) is 11.6. The molecular formula is C17H17N3O2S2. The molecule has 5 nitrogen and oxygen atoms in total. The molecule has 7 heteroatoms. The predicted octanol–water partition coefficient (Wildman–Crippen LogP) is 3.27. The van der Waals surface area contributed by atoms with Crippen molar-refractivity contribution in [1.82, 2.24) is 14.8 Å². The van der Waals surface area contributed by atoms with E-state index in [1.165, 1.54) is 11.8 Å². The van der Waals surface area contributed by atoms with Crippen molar-refractivity contribution in [2.75, 3.05) is 5.75 Å². The lowest BCUT2D eigenvalue weighted by Gasteiger charge is -2.05. The molecule has 0 bridgehead atoms. The van der Waals surface area contributed by atoms with Crippen molar-refractivity contribution in [2.24, 2.45) is 0 Å². The van der Waals surface area contributed by atoms with E-state index in [0.717, 1.165) is 20.9 Å². The first kappa shape index (κ1) is 16.7. The largest absolute Gasteiger partial charge is 0.344 e. The molecule has 3 aromatic rings. The fourth-order valence-electron chi connectivity index (χ4n) is 2.43. The van der Waals surface area contributed by atoms with Gasteiger partial charge in [-0.1, -0.05) is 42.1 Å². The van der Waals surface area contributed by atoms with Crippen molar-refractivity contribution >= 4 is 28.9 Å². The molecule has 0 atom stereocenters. The molecular weight excluding hydrogens is 342 g/mol. The van der Waals surface area contributed by atoms with Gasteiger partial charge in [0.2, 0.25) is 0 Å². The minimum absolute atomic E-state index is 0.0589. The maximum atomic E-state index is 12.4. The number of hydrogen-bond acceptors (Lipinski definition) is 5. The molecule has 0 aliphatic heterocycles. The molecule has 24 heavy (non-hydrogen) atoms. The molecule has 3 rings (SSSR count). The molecule has 0 spiro atoms. The van der Waals surface area contributed by atoms with E-state index in [-0.39, 0.29) is 17.2 Å². The summed E-state index contributed by atoms with van der Waals surface area (Å²) in [6.45, 7) is 4.38. The standard InChI is InChI=1S/C17H17N3O2S2/c1-11-8-14(12(2)24-11)15(21)10-23-17-19-18-16(22)20(17)9-13-6-4-3-5-7-13/h3-8H,9-10H2,1-2H3,(H,18,22). The first-order valence-electron chi connectivity index (χ1n) is 7.47. The number of ketones is 1. The van der Waals surface area contributed by atoms with Gasteiger partial charge < -0.3 is 0 Å². The van der Waals surface area contributed by atoms with Crippen molar-refractivity contribution < 1.29 is 4.79 Å². The Kier molecular flexibility index (Phi) is 5.01. The second-order valence-corrected chi connectivity index (χ2v) is 7.82. The molecule has 2 heterocycles. The Labute approximate surface area is 147 Å². The molecule has 0 saturated heterocycles. The van der Waals surface area contributed by atoms with Crippen LogP contribution in [0.1, 0.15) is 25.7 Å². The van der Waals surface area contributed by atoms with Crippen LogP contribution in [-0.4, -0.2) is 26.3 Å². The number of benzene rings is 1. The summed E-state index contributed by atoms with van der Waals surface area (Å²) in [5, 5.41) is 7.04. The Bertz CT molecular complexity index is 910. The van der Waals surface area contributed by atoms with E-state index in [2.05, 4.69) is 10.2 Å². The number of thioether (sulfide) groups is 1. The summed E-state index contributed by atoms with van der Waals surface area (Å²) >= 11 is 2.90. The SMILES string of the molecule is Cc1cc(C(=O)CSc2n[nH]c(=O)n2Cc2ccccc2)c(C)s1. The van der Waals surface area contributed by atoms with E-state index in [4.69, 9.17) is 0 Å². The number of Topliss-reactive ketones (excluding diaryl/α,β-unsaturated/α-hetero) is 1. The molecule has 0 unspecified atom stereocenters.